The van der Waals surface area contributed by atoms with Crippen LogP contribution >= 0.6 is 12.2 Å². The molecule has 1 saturated heterocycles. The summed E-state index contributed by atoms with van der Waals surface area (Å²) in [5.74, 6) is 0. The van der Waals surface area contributed by atoms with Crippen LogP contribution in [0, 0.1) is 0 Å². The maximum atomic E-state index is 12.9. The van der Waals surface area contributed by atoms with Gasteiger partial charge in [0.05, 0.1) is 12.6 Å². The maximum Gasteiger partial charge on any atom is 0.435 e. The van der Waals surface area contributed by atoms with Gasteiger partial charge in [0.1, 0.15) is 4.99 Å². The van der Waals surface area contributed by atoms with Crippen molar-refractivity contribution in [3.8, 4) is 0 Å². The molecule has 0 spiro atoms. The first-order chi connectivity index (χ1) is 8.39. The normalized spacial score (nSPS) is 20.3. The van der Waals surface area contributed by atoms with E-state index in [9.17, 15) is 13.2 Å². The van der Waals surface area contributed by atoms with Crippen molar-refractivity contribution in [2.45, 2.75) is 31.7 Å². The second-order valence-corrected chi connectivity index (χ2v) is 4.41. The van der Waals surface area contributed by atoms with Crippen LogP contribution in [-0.2, 0) is 17.5 Å². The van der Waals surface area contributed by atoms with Gasteiger partial charge < -0.3 is 10.5 Å². The first-order valence-corrected chi connectivity index (χ1v) is 5.72. The fourth-order valence-electron chi connectivity index (χ4n) is 1.87. The molecule has 1 unspecified atom stereocenters. The smallest absolute Gasteiger partial charge is 0.388 e. The molecule has 0 aromatic carbocycles. The third kappa shape index (κ3) is 2.61. The predicted octanol–water partition coefficient (Wildman–Crippen LogP) is 1.11. The van der Waals surface area contributed by atoms with Gasteiger partial charge in [-0.25, -0.2) is 4.68 Å². The molecule has 1 aromatic heterocycles. The summed E-state index contributed by atoms with van der Waals surface area (Å²) in [6, 6.07) is 0. The van der Waals surface area contributed by atoms with E-state index in [0.29, 0.717) is 13.0 Å². The highest BCUT2D eigenvalue weighted by Crippen LogP contribution is 2.31. The van der Waals surface area contributed by atoms with E-state index in [1.165, 1.54) is 0 Å². The third-order valence-corrected chi connectivity index (χ3v) is 2.83. The van der Waals surface area contributed by atoms with Crippen LogP contribution in [-0.4, -0.2) is 32.7 Å². The van der Waals surface area contributed by atoms with Gasteiger partial charge in [-0.2, -0.15) is 13.2 Å². The Balaban J connectivity index is 2.32. The van der Waals surface area contributed by atoms with Crippen LogP contribution in [0.2, 0.25) is 0 Å². The van der Waals surface area contributed by atoms with E-state index in [0.717, 1.165) is 11.1 Å². The number of alkyl halides is 3. The summed E-state index contributed by atoms with van der Waals surface area (Å²) >= 11 is 4.55. The average molecular weight is 280 g/mol. The highest BCUT2D eigenvalue weighted by Gasteiger charge is 2.40. The molecule has 1 aliphatic heterocycles. The minimum absolute atomic E-state index is 0.00442. The molecule has 0 bridgehead atoms. The molecular weight excluding hydrogens is 269 g/mol. The van der Waals surface area contributed by atoms with Gasteiger partial charge in [0.25, 0.3) is 0 Å². The largest absolute Gasteiger partial charge is 0.435 e. The minimum Gasteiger partial charge on any atom is -0.388 e. The molecule has 1 fully saturated rings. The summed E-state index contributed by atoms with van der Waals surface area (Å²) < 4.78 is 44.8. The van der Waals surface area contributed by atoms with Gasteiger partial charge in [-0.15, -0.1) is 5.10 Å². The fourth-order valence-corrected chi connectivity index (χ4v) is 2.01. The minimum atomic E-state index is -4.60. The summed E-state index contributed by atoms with van der Waals surface area (Å²) in [5, 5.41) is 6.86. The van der Waals surface area contributed by atoms with Crippen LogP contribution < -0.4 is 5.73 Å². The SMILES string of the molecule is NC(=S)c1nnn(CC2CCCO2)c1C(F)(F)F. The molecule has 18 heavy (non-hydrogen) atoms. The highest BCUT2D eigenvalue weighted by atomic mass is 32.1. The Morgan fingerprint density at radius 2 is 2.28 bits per heavy atom. The van der Waals surface area contributed by atoms with Gasteiger partial charge in [-0.05, 0) is 12.8 Å². The van der Waals surface area contributed by atoms with E-state index in [4.69, 9.17) is 10.5 Å². The van der Waals surface area contributed by atoms with Crippen molar-refractivity contribution >= 4 is 17.2 Å². The zero-order chi connectivity index (χ0) is 13.3. The lowest BCUT2D eigenvalue weighted by molar-refractivity contribution is -0.145. The molecule has 2 rings (SSSR count). The van der Waals surface area contributed by atoms with Crippen LogP contribution in [0.5, 0.6) is 0 Å². The number of hydrogen-bond acceptors (Lipinski definition) is 4. The standard InChI is InChI=1S/C9H11F3N4OS/c10-9(11,12)7-6(8(13)18)14-15-16(7)4-5-2-1-3-17-5/h5H,1-4H2,(H2,13,18). The van der Waals surface area contributed by atoms with Gasteiger partial charge in [0, 0.05) is 6.61 Å². The first-order valence-electron chi connectivity index (χ1n) is 5.31. The van der Waals surface area contributed by atoms with Crippen molar-refractivity contribution in [2.75, 3.05) is 6.61 Å². The molecule has 100 valence electrons. The topological polar surface area (TPSA) is 66.0 Å². The summed E-state index contributed by atoms with van der Waals surface area (Å²) in [4.78, 5) is -0.416. The third-order valence-electron chi connectivity index (χ3n) is 2.64. The van der Waals surface area contributed by atoms with Crippen LogP contribution in [0.1, 0.15) is 24.2 Å². The number of aromatic nitrogens is 3. The van der Waals surface area contributed by atoms with Crippen LogP contribution in [0.4, 0.5) is 13.2 Å². The molecule has 0 radical (unpaired) electrons. The van der Waals surface area contributed by atoms with Gasteiger partial charge in [0.2, 0.25) is 0 Å². The Hall–Kier alpha value is -1.22. The van der Waals surface area contributed by atoms with Crippen molar-refractivity contribution in [1.29, 1.82) is 0 Å². The quantitative estimate of drug-likeness (QED) is 0.840. The lowest BCUT2D eigenvalue weighted by Gasteiger charge is -2.13. The van der Waals surface area contributed by atoms with Crippen molar-refractivity contribution in [3.05, 3.63) is 11.4 Å². The summed E-state index contributed by atoms with van der Waals surface area (Å²) in [6.07, 6.45) is -3.32. The maximum absolute atomic E-state index is 12.9. The lowest BCUT2D eigenvalue weighted by atomic mass is 10.2. The molecule has 2 heterocycles. The van der Waals surface area contributed by atoms with Crippen LogP contribution in [0.15, 0.2) is 0 Å². The van der Waals surface area contributed by atoms with Gasteiger partial charge in [-0.3, -0.25) is 0 Å². The fraction of sp³-hybridized carbons (Fsp3) is 0.667. The number of halogens is 3. The summed E-state index contributed by atoms with van der Waals surface area (Å²) in [5.41, 5.74) is 3.72. The number of ether oxygens (including phenoxy) is 1. The van der Waals surface area contributed by atoms with E-state index >= 15 is 0 Å². The van der Waals surface area contributed by atoms with Crippen molar-refractivity contribution in [3.63, 3.8) is 0 Å². The Morgan fingerprint density at radius 3 is 2.78 bits per heavy atom. The second kappa shape index (κ2) is 4.81. The van der Waals surface area contributed by atoms with Crippen molar-refractivity contribution < 1.29 is 17.9 Å². The van der Waals surface area contributed by atoms with E-state index in [1.54, 1.807) is 0 Å². The zero-order valence-corrected chi connectivity index (χ0v) is 10.1. The number of hydrogen-bond donors (Lipinski definition) is 1. The molecule has 0 aliphatic carbocycles. The Bertz CT molecular complexity index is 453. The van der Waals surface area contributed by atoms with Crippen LogP contribution in [0.3, 0.4) is 0 Å². The lowest BCUT2D eigenvalue weighted by Crippen LogP contribution is -2.24. The summed E-state index contributed by atoms with van der Waals surface area (Å²) in [7, 11) is 0. The van der Waals surface area contributed by atoms with Crippen LogP contribution in [0.25, 0.3) is 0 Å². The molecule has 9 heteroatoms. The first kappa shape index (κ1) is 13.2. The molecular formula is C9H11F3N4OS. The Kier molecular flexibility index (Phi) is 3.53. The van der Waals surface area contributed by atoms with E-state index in [2.05, 4.69) is 22.5 Å². The number of nitrogens with two attached hydrogens (primary N) is 1. The van der Waals surface area contributed by atoms with E-state index < -0.39 is 22.6 Å². The second-order valence-electron chi connectivity index (χ2n) is 3.97. The zero-order valence-electron chi connectivity index (χ0n) is 9.28. The van der Waals surface area contributed by atoms with E-state index in [1.807, 2.05) is 0 Å². The molecule has 1 aromatic rings. The monoisotopic (exact) mass is 280 g/mol. The molecule has 0 saturated carbocycles. The van der Waals surface area contributed by atoms with Crippen molar-refractivity contribution in [2.24, 2.45) is 5.73 Å². The number of nitrogens with zero attached hydrogens (tertiary/aromatic N) is 3. The molecule has 5 nitrogen and oxygen atoms in total. The molecule has 2 N–H and O–H groups in total. The number of rotatable bonds is 3. The Labute approximate surface area is 106 Å². The van der Waals surface area contributed by atoms with Crippen molar-refractivity contribution in [1.82, 2.24) is 15.0 Å². The number of thiocarbonyl (C=S) groups is 1. The molecule has 0 amide bonds. The molecule has 1 aliphatic rings. The van der Waals surface area contributed by atoms with Gasteiger partial charge in [-0.1, -0.05) is 17.4 Å². The summed E-state index contributed by atoms with van der Waals surface area (Å²) in [6.45, 7) is 0.563. The van der Waals surface area contributed by atoms with Gasteiger partial charge in [0.15, 0.2) is 11.4 Å². The average Bonchev–Trinajstić information content (AvgIpc) is 2.85. The predicted molar refractivity (Wildman–Crippen MR) is 59.9 cm³/mol. The van der Waals surface area contributed by atoms with Gasteiger partial charge >= 0.3 is 6.18 Å². The van der Waals surface area contributed by atoms with E-state index in [-0.39, 0.29) is 12.6 Å². The Morgan fingerprint density at radius 1 is 1.56 bits per heavy atom. The highest BCUT2D eigenvalue weighted by molar-refractivity contribution is 7.80. The molecule has 1 atom stereocenters.